The summed E-state index contributed by atoms with van der Waals surface area (Å²) >= 11 is 0. The van der Waals surface area contributed by atoms with Gasteiger partial charge in [0.2, 0.25) is 5.82 Å². The van der Waals surface area contributed by atoms with Crippen LogP contribution >= 0.6 is 0 Å². The molecule has 0 spiro atoms. The van der Waals surface area contributed by atoms with Crippen LogP contribution in [-0.4, -0.2) is 13.5 Å². The molecule has 0 N–H and O–H groups in total. The summed E-state index contributed by atoms with van der Waals surface area (Å²) in [7, 11) is 1.14. The number of halogens is 6. The summed E-state index contributed by atoms with van der Waals surface area (Å²) in [6, 6.07) is 4.52. The molecule has 0 aliphatic heterocycles. The van der Waals surface area contributed by atoms with E-state index in [9.17, 15) is 26.3 Å². The minimum absolute atomic E-state index is 0.147. The topological polar surface area (TPSA) is 18.5 Å². The fourth-order valence-corrected chi connectivity index (χ4v) is 1.79. The zero-order valence-corrected chi connectivity index (χ0v) is 11.0. The maximum Gasteiger partial charge on any atom is 0.573 e. The summed E-state index contributed by atoms with van der Waals surface area (Å²) in [5.74, 6) is -5.35. The van der Waals surface area contributed by atoms with Crippen LogP contribution in [0.1, 0.15) is 0 Å². The fraction of sp³-hybridized carbons (Fsp3) is 0.143. The largest absolute Gasteiger partial charge is 0.573 e. The second kappa shape index (κ2) is 5.78. The molecular formula is C14H8F6O2. The smallest absolute Gasteiger partial charge is 0.494 e. The Hall–Kier alpha value is -2.38. The molecule has 0 radical (unpaired) electrons. The molecule has 0 saturated heterocycles. The van der Waals surface area contributed by atoms with Crippen molar-refractivity contribution >= 4 is 0 Å². The monoisotopic (exact) mass is 322 g/mol. The second-order valence-electron chi connectivity index (χ2n) is 4.14. The normalized spacial score (nSPS) is 11.4. The van der Waals surface area contributed by atoms with Crippen molar-refractivity contribution in [3.63, 3.8) is 0 Å². The van der Waals surface area contributed by atoms with E-state index in [1.807, 2.05) is 0 Å². The van der Waals surface area contributed by atoms with Crippen LogP contribution in [-0.2, 0) is 0 Å². The average molecular weight is 322 g/mol. The summed E-state index contributed by atoms with van der Waals surface area (Å²) in [5, 5.41) is 0. The molecule has 2 nitrogen and oxygen atoms in total. The van der Waals surface area contributed by atoms with Gasteiger partial charge in [0.25, 0.3) is 0 Å². The van der Waals surface area contributed by atoms with E-state index in [1.165, 1.54) is 0 Å². The van der Waals surface area contributed by atoms with Gasteiger partial charge in [-0.05, 0) is 29.8 Å². The second-order valence-corrected chi connectivity index (χ2v) is 4.14. The van der Waals surface area contributed by atoms with E-state index < -0.39 is 29.6 Å². The van der Waals surface area contributed by atoms with Crippen molar-refractivity contribution in [1.82, 2.24) is 0 Å². The lowest BCUT2D eigenvalue weighted by atomic mass is 10.0. The lowest BCUT2D eigenvalue weighted by molar-refractivity contribution is -0.275. The maximum absolute atomic E-state index is 13.8. The SMILES string of the molecule is COc1ccc(-c2ccc(OC(F)(F)F)c(F)c2)c(F)c1F. The standard InChI is InChI=1S/C14H8F6O2/c1-21-11-5-3-8(12(16)13(11)17)7-2-4-10(9(15)6-7)22-14(18,19)20/h2-6H,1H3. The third-order valence-corrected chi connectivity index (χ3v) is 2.74. The van der Waals surface area contributed by atoms with E-state index >= 15 is 0 Å². The van der Waals surface area contributed by atoms with Crippen LogP contribution < -0.4 is 9.47 Å². The Labute approximate surface area is 120 Å². The molecule has 0 atom stereocenters. The number of rotatable bonds is 3. The van der Waals surface area contributed by atoms with Crippen molar-refractivity contribution in [3.05, 3.63) is 47.8 Å². The van der Waals surface area contributed by atoms with Gasteiger partial charge in [-0.2, -0.15) is 4.39 Å². The van der Waals surface area contributed by atoms with Crippen LogP contribution in [0.25, 0.3) is 11.1 Å². The van der Waals surface area contributed by atoms with Crippen LogP contribution in [0.5, 0.6) is 11.5 Å². The lowest BCUT2D eigenvalue weighted by Crippen LogP contribution is -2.17. The highest BCUT2D eigenvalue weighted by Crippen LogP contribution is 2.33. The molecule has 0 aromatic heterocycles. The zero-order chi connectivity index (χ0) is 16.5. The Morgan fingerprint density at radius 1 is 0.864 bits per heavy atom. The van der Waals surface area contributed by atoms with E-state index in [0.717, 1.165) is 25.3 Å². The molecule has 0 fully saturated rings. The number of benzene rings is 2. The summed E-state index contributed by atoms with van der Waals surface area (Å²) in [5.41, 5.74) is -0.471. The third kappa shape index (κ3) is 3.26. The predicted molar refractivity (Wildman–Crippen MR) is 65.0 cm³/mol. The van der Waals surface area contributed by atoms with Gasteiger partial charge in [-0.3, -0.25) is 0 Å². The molecule has 0 aliphatic rings. The zero-order valence-electron chi connectivity index (χ0n) is 11.0. The third-order valence-electron chi connectivity index (χ3n) is 2.74. The highest BCUT2D eigenvalue weighted by atomic mass is 19.4. The van der Waals surface area contributed by atoms with Crippen molar-refractivity contribution in [2.24, 2.45) is 0 Å². The van der Waals surface area contributed by atoms with Crippen LogP contribution in [0.3, 0.4) is 0 Å². The maximum atomic E-state index is 13.8. The van der Waals surface area contributed by atoms with Gasteiger partial charge in [0.1, 0.15) is 0 Å². The molecule has 0 saturated carbocycles. The first-order valence-electron chi connectivity index (χ1n) is 5.80. The van der Waals surface area contributed by atoms with E-state index in [1.54, 1.807) is 0 Å². The average Bonchev–Trinajstić information content (AvgIpc) is 2.43. The summed E-state index contributed by atoms with van der Waals surface area (Å²) in [6.07, 6.45) is -5.06. The molecule has 0 heterocycles. The molecule has 0 aliphatic carbocycles. The summed E-state index contributed by atoms with van der Waals surface area (Å²) in [6.45, 7) is 0. The van der Waals surface area contributed by atoms with E-state index in [-0.39, 0.29) is 16.9 Å². The van der Waals surface area contributed by atoms with E-state index in [2.05, 4.69) is 9.47 Å². The first kappa shape index (κ1) is 16.0. The van der Waals surface area contributed by atoms with Gasteiger partial charge < -0.3 is 9.47 Å². The minimum atomic E-state index is -5.06. The Morgan fingerprint density at radius 2 is 1.50 bits per heavy atom. The molecule has 0 amide bonds. The number of ether oxygens (including phenoxy) is 2. The fourth-order valence-electron chi connectivity index (χ4n) is 1.79. The molecule has 2 aromatic carbocycles. The summed E-state index contributed by atoms with van der Waals surface area (Å²) in [4.78, 5) is 0. The Bertz CT molecular complexity index is 696. The van der Waals surface area contributed by atoms with Crippen LogP contribution in [0.4, 0.5) is 26.3 Å². The van der Waals surface area contributed by atoms with Gasteiger partial charge in [0.15, 0.2) is 23.1 Å². The Morgan fingerprint density at radius 3 is 2.05 bits per heavy atom. The van der Waals surface area contributed by atoms with Crippen molar-refractivity contribution in [1.29, 1.82) is 0 Å². The van der Waals surface area contributed by atoms with Gasteiger partial charge >= 0.3 is 6.36 Å². The van der Waals surface area contributed by atoms with Crippen molar-refractivity contribution in [2.45, 2.75) is 6.36 Å². The quantitative estimate of drug-likeness (QED) is 0.764. The number of hydrogen-bond donors (Lipinski definition) is 0. The molecule has 2 rings (SSSR count). The van der Waals surface area contributed by atoms with Crippen molar-refractivity contribution in [3.8, 4) is 22.6 Å². The molecule has 22 heavy (non-hydrogen) atoms. The van der Waals surface area contributed by atoms with Gasteiger partial charge in [0, 0.05) is 5.56 Å². The van der Waals surface area contributed by atoms with Crippen LogP contribution in [0.2, 0.25) is 0 Å². The Balaban J connectivity index is 2.43. The first-order chi connectivity index (χ1) is 10.2. The number of methoxy groups -OCH3 is 1. The van der Waals surface area contributed by atoms with E-state index in [0.29, 0.717) is 12.1 Å². The lowest BCUT2D eigenvalue weighted by Gasteiger charge is -2.11. The molecule has 0 bridgehead atoms. The highest BCUT2D eigenvalue weighted by molar-refractivity contribution is 5.66. The Kier molecular flexibility index (Phi) is 4.20. The summed E-state index contributed by atoms with van der Waals surface area (Å²) < 4.78 is 85.1. The molecule has 8 heteroatoms. The minimum Gasteiger partial charge on any atom is -0.494 e. The molecule has 118 valence electrons. The first-order valence-corrected chi connectivity index (χ1v) is 5.80. The number of alkyl halides is 3. The highest BCUT2D eigenvalue weighted by Gasteiger charge is 2.32. The van der Waals surface area contributed by atoms with Gasteiger partial charge in [-0.25, -0.2) is 8.78 Å². The van der Waals surface area contributed by atoms with Crippen LogP contribution in [0.15, 0.2) is 30.3 Å². The molecular weight excluding hydrogens is 314 g/mol. The van der Waals surface area contributed by atoms with Crippen LogP contribution in [0, 0.1) is 17.5 Å². The molecule has 2 aromatic rings. The number of hydrogen-bond acceptors (Lipinski definition) is 2. The van der Waals surface area contributed by atoms with Gasteiger partial charge in [-0.1, -0.05) is 6.07 Å². The van der Waals surface area contributed by atoms with E-state index in [4.69, 9.17) is 0 Å². The van der Waals surface area contributed by atoms with Gasteiger partial charge in [0.05, 0.1) is 7.11 Å². The van der Waals surface area contributed by atoms with Gasteiger partial charge in [-0.15, -0.1) is 13.2 Å². The predicted octanol–water partition coefficient (Wildman–Crippen LogP) is 4.68. The van der Waals surface area contributed by atoms with Crippen molar-refractivity contribution < 1.29 is 35.8 Å². The molecule has 0 unspecified atom stereocenters. The van der Waals surface area contributed by atoms with Crippen molar-refractivity contribution in [2.75, 3.05) is 7.11 Å².